The van der Waals surface area contributed by atoms with Gasteiger partial charge in [-0.2, -0.15) is 0 Å². The summed E-state index contributed by atoms with van der Waals surface area (Å²) in [6, 6.07) is 5.55. The van der Waals surface area contributed by atoms with E-state index in [2.05, 4.69) is 10.2 Å². The lowest BCUT2D eigenvalue weighted by Gasteiger charge is -2.37. The molecule has 0 aromatic heterocycles. The molecule has 2 rings (SSSR count). The molecule has 1 aliphatic rings. The third-order valence-corrected chi connectivity index (χ3v) is 3.37. The molecule has 1 fully saturated rings. The fourth-order valence-corrected chi connectivity index (χ4v) is 2.47. The van der Waals surface area contributed by atoms with Crippen LogP contribution in [-0.4, -0.2) is 31.6 Å². The molecule has 0 radical (unpaired) electrons. The Morgan fingerprint density at radius 2 is 2.26 bits per heavy atom. The SMILES string of the molecule is CCOc1cccc(N2CCNC(=O)C2CC)c1N. The molecule has 0 saturated carbocycles. The largest absolute Gasteiger partial charge is 0.492 e. The summed E-state index contributed by atoms with van der Waals surface area (Å²) in [5.74, 6) is 0.746. The first-order valence-electron chi connectivity index (χ1n) is 6.74. The number of nitrogen functional groups attached to an aromatic ring is 1. The van der Waals surface area contributed by atoms with E-state index in [-0.39, 0.29) is 11.9 Å². The minimum absolute atomic E-state index is 0.0648. The first-order chi connectivity index (χ1) is 9.19. The molecule has 5 nitrogen and oxygen atoms in total. The Hall–Kier alpha value is -1.91. The number of benzene rings is 1. The molecule has 0 bridgehead atoms. The second-order valence-electron chi connectivity index (χ2n) is 4.53. The molecule has 104 valence electrons. The van der Waals surface area contributed by atoms with Crippen molar-refractivity contribution in [1.82, 2.24) is 5.32 Å². The van der Waals surface area contributed by atoms with Gasteiger partial charge in [0.25, 0.3) is 0 Å². The summed E-state index contributed by atoms with van der Waals surface area (Å²) in [6.07, 6.45) is 0.754. The topological polar surface area (TPSA) is 67.6 Å². The lowest BCUT2D eigenvalue weighted by atomic mass is 10.1. The summed E-state index contributed by atoms with van der Waals surface area (Å²) in [6.45, 7) is 5.92. The summed E-state index contributed by atoms with van der Waals surface area (Å²) in [4.78, 5) is 14.0. The molecule has 19 heavy (non-hydrogen) atoms. The van der Waals surface area contributed by atoms with E-state index in [9.17, 15) is 4.79 Å². The fourth-order valence-electron chi connectivity index (χ4n) is 2.47. The van der Waals surface area contributed by atoms with Crippen molar-refractivity contribution in [2.75, 3.05) is 30.3 Å². The van der Waals surface area contributed by atoms with E-state index in [4.69, 9.17) is 10.5 Å². The predicted octanol–water partition coefficient (Wildman–Crippen LogP) is 1.38. The van der Waals surface area contributed by atoms with Gasteiger partial charge in [-0.1, -0.05) is 13.0 Å². The molecule has 1 aromatic rings. The molecule has 0 aliphatic carbocycles. The van der Waals surface area contributed by atoms with Crippen LogP contribution in [0.25, 0.3) is 0 Å². The van der Waals surface area contributed by atoms with E-state index in [0.29, 0.717) is 24.6 Å². The summed E-state index contributed by atoms with van der Waals surface area (Å²) in [5, 5.41) is 2.89. The average Bonchev–Trinajstić information content (AvgIpc) is 2.41. The number of anilines is 2. The van der Waals surface area contributed by atoms with Crippen molar-refractivity contribution in [2.45, 2.75) is 26.3 Å². The smallest absolute Gasteiger partial charge is 0.242 e. The molecule has 1 aromatic carbocycles. The lowest BCUT2D eigenvalue weighted by Crippen LogP contribution is -2.55. The van der Waals surface area contributed by atoms with E-state index < -0.39 is 0 Å². The lowest BCUT2D eigenvalue weighted by molar-refractivity contribution is -0.123. The van der Waals surface area contributed by atoms with Crippen LogP contribution in [0.15, 0.2) is 18.2 Å². The highest BCUT2D eigenvalue weighted by Crippen LogP contribution is 2.34. The Morgan fingerprint density at radius 1 is 1.47 bits per heavy atom. The maximum Gasteiger partial charge on any atom is 0.242 e. The summed E-state index contributed by atoms with van der Waals surface area (Å²) < 4.78 is 5.51. The first kappa shape index (κ1) is 13.5. The number of carbonyl (C=O) groups excluding carboxylic acids is 1. The van der Waals surface area contributed by atoms with Gasteiger partial charge in [-0.15, -0.1) is 0 Å². The zero-order valence-corrected chi connectivity index (χ0v) is 11.5. The van der Waals surface area contributed by atoms with Crippen LogP contribution < -0.4 is 20.7 Å². The van der Waals surface area contributed by atoms with Gasteiger partial charge in [0.15, 0.2) is 0 Å². The molecule has 3 N–H and O–H groups in total. The Bertz CT molecular complexity index is 462. The average molecular weight is 263 g/mol. The van der Waals surface area contributed by atoms with Gasteiger partial charge in [0.2, 0.25) is 5.91 Å². The van der Waals surface area contributed by atoms with Gasteiger partial charge in [-0.25, -0.2) is 0 Å². The highest BCUT2D eigenvalue weighted by molar-refractivity contribution is 5.88. The van der Waals surface area contributed by atoms with Crippen molar-refractivity contribution in [2.24, 2.45) is 0 Å². The van der Waals surface area contributed by atoms with Gasteiger partial charge in [0, 0.05) is 13.1 Å². The maximum absolute atomic E-state index is 11.9. The third-order valence-electron chi connectivity index (χ3n) is 3.37. The van der Waals surface area contributed by atoms with Gasteiger partial charge in [0.05, 0.1) is 18.0 Å². The fraction of sp³-hybridized carbons (Fsp3) is 0.500. The van der Waals surface area contributed by atoms with E-state index in [0.717, 1.165) is 18.7 Å². The zero-order chi connectivity index (χ0) is 13.8. The van der Waals surface area contributed by atoms with Gasteiger partial charge in [-0.05, 0) is 25.5 Å². The Labute approximate surface area is 113 Å². The summed E-state index contributed by atoms with van der Waals surface area (Å²) in [5.41, 5.74) is 7.66. The molecular formula is C14H21N3O2. The summed E-state index contributed by atoms with van der Waals surface area (Å²) in [7, 11) is 0. The minimum atomic E-state index is -0.159. The van der Waals surface area contributed by atoms with Crippen molar-refractivity contribution in [3.63, 3.8) is 0 Å². The van der Waals surface area contributed by atoms with Crippen LogP contribution in [0.4, 0.5) is 11.4 Å². The number of nitrogens with two attached hydrogens (primary N) is 1. The van der Waals surface area contributed by atoms with Crippen molar-refractivity contribution in [1.29, 1.82) is 0 Å². The number of piperazine rings is 1. The van der Waals surface area contributed by atoms with Crippen LogP contribution in [0.5, 0.6) is 5.75 Å². The highest BCUT2D eigenvalue weighted by Gasteiger charge is 2.29. The molecule has 1 saturated heterocycles. The number of hydrogen-bond donors (Lipinski definition) is 2. The number of hydrogen-bond acceptors (Lipinski definition) is 4. The minimum Gasteiger partial charge on any atom is -0.492 e. The third kappa shape index (κ3) is 2.59. The van der Waals surface area contributed by atoms with Crippen LogP contribution in [0, 0.1) is 0 Å². The standard InChI is InChI=1S/C14H21N3O2/c1-3-10-14(18)16-8-9-17(10)11-6-5-7-12(13(11)15)19-4-2/h5-7,10H,3-4,8-9,15H2,1-2H3,(H,16,18). The maximum atomic E-state index is 11.9. The second-order valence-corrected chi connectivity index (χ2v) is 4.53. The van der Waals surface area contributed by atoms with Crippen LogP contribution in [0.1, 0.15) is 20.3 Å². The number of nitrogens with one attached hydrogen (secondary N) is 1. The van der Waals surface area contributed by atoms with E-state index in [1.807, 2.05) is 32.0 Å². The molecule has 1 atom stereocenters. The number of para-hydroxylation sites is 1. The number of nitrogens with zero attached hydrogens (tertiary/aromatic N) is 1. The predicted molar refractivity (Wildman–Crippen MR) is 76.5 cm³/mol. The van der Waals surface area contributed by atoms with Gasteiger partial charge in [0.1, 0.15) is 11.8 Å². The van der Waals surface area contributed by atoms with Gasteiger partial charge < -0.3 is 20.7 Å². The number of carbonyl (C=O) groups is 1. The van der Waals surface area contributed by atoms with Crippen molar-refractivity contribution < 1.29 is 9.53 Å². The number of amides is 1. The van der Waals surface area contributed by atoms with Crippen LogP contribution in [0.2, 0.25) is 0 Å². The molecular weight excluding hydrogens is 242 g/mol. The zero-order valence-electron chi connectivity index (χ0n) is 11.5. The number of rotatable bonds is 4. The first-order valence-corrected chi connectivity index (χ1v) is 6.74. The van der Waals surface area contributed by atoms with E-state index >= 15 is 0 Å². The molecule has 1 unspecified atom stereocenters. The Kier molecular flexibility index (Phi) is 4.14. The molecule has 0 spiro atoms. The molecule has 5 heteroatoms. The van der Waals surface area contributed by atoms with Gasteiger partial charge in [-0.3, -0.25) is 4.79 Å². The monoisotopic (exact) mass is 263 g/mol. The van der Waals surface area contributed by atoms with Crippen LogP contribution in [-0.2, 0) is 4.79 Å². The second kappa shape index (κ2) is 5.82. The van der Waals surface area contributed by atoms with Gasteiger partial charge >= 0.3 is 0 Å². The van der Waals surface area contributed by atoms with E-state index in [1.54, 1.807) is 0 Å². The highest BCUT2D eigenvalue weighted by atomic mass is 16.5. The molecule has 1 amide bonds. The Balaban J connectivity index is 2.34. The van der Waals surface area contributed by atoms with Crippen molar-refractivity contribution >= 4 is 17.3 Å². The van der Waals surface area contributed by atoms with E-state index in [1.165, 1.54) is 0 Å². The Morgan fingerprint density at radius 3 is 2.95 bits per heavy atom. The molecule has 1 aliphatic heterocycles. The summed E-state index contributed by atoms with van der Waals surface area (Å²) >= 11 is 0. The van der Waals surface area contributed by atoms with Crippen LogP contribution in [0.3, 0.4) is 0 Å². The van der Waals surface area contributed by atoms with Crippen molar-refractivity contribution in [3.8, 4) is 5.75 Å². The van der Waals surface area contributed by atoms with Crippen molar-refractivity contribution in [3.05, 3.63) is 18.2 Å². The number of ether oxygens (including phenoxy) is 1. The quantitative estimate of drug-likeness (QED) is 0.805. The normalized spacial score (nSPS) is 19.2. The molecule has 1 heterocycles. The van der Waals surface area contributed by atoms with Crippen LogP contribution >= 0.6 is 0 Å².